The molecule has 0 atom stereocenters. The maximum absolute atomic E-state index is 10.1. The molecule has 0 aliphatic heterocycles. The molecule has 2 amide bonds. The van der Waals surface area contributed by atoms with Gasteiger partial charge in [0, 0.05) is 13.1 Å². The summed E-state index contributed by atoms with van der Waals surface area (Å²) in [6.45, 7) is 7.77. The largest absolute Gasteiger partial charge is 0.465 e. The van der Waals surface area contributed by atoms with Gasteiger partial charge in [-0.2, -0.15) is 0 Å². The van der Waals surface area contributed by atoms with Gasteiger partial charge >= 0.3 is 12.2 Å². The number of rotatable bonds is 22. The summed E-state index contributed by atoms with van der Waals surface area (Å²) in [5.41, 5.74) is 1.32. The van der Waals surface area contributed by atoms with Crippen LogP contribution in [0.5, 0.6) is 0 Å². The first-order valence-corrected chi connectivity index (χ1v) is 15.9. The number of aryl methyl sites for hydroxylation is 1. The summed E-state index contributed by atoms with van der Waals surface area (Å²) in [6.07, 6.45) is 23.9. The third kappa shape index (κ3) is 40.4. The van der Waals surface area contributed by atoms with Gasteiger partial charge in [0.1, 0.15) is 0 Å². The zero-order valence-electron chi connectivity index (χ0n) is 25.7. The van der Waals surface area contributed by atoms with E-state index in [1.165, 1.54) is 108 Å². The Hall–Kier alpha value is -2.24. The zero-order valence-corrected chi connectivity index (χ0v) is 25.7. The molecule has 0 spiro atoms. The molecule has 228 valence electrons. The van der Waals surface area contributed by atoms with Crippen LogP contribution >= 0.6 is 0 Å². The molecule has 6 nitrogen and oxygen atoms in total. The minimum absolute atomic E-state index is 0.603. The highest BCUT2D eigenvalue weighted by Crippen LogP contribution is 2.11. The Balaban J connectivity index is 0. The lowest BCUT2D eigenvalue weighted by Gasteiger charge is -2.02. The fraction of sp³-hybridized carbons (Fsp3) is 0.758. The molecule has 6 heteroatoms. The van der Waals surface area contributed by atoms with Crippen LogP contribution in [0.1, 0.15) is 148 Å². The van der Waals surface area contributed by atoms with Gasteiger partial charge in [-0.25, -0.2) is 9.59 Å². The van der Waals surface area contributed by atoms with Crippen molar-refractivity contribution in [2.45, 2.75) is 149 Å². The Morgan fingerprint density at radius 1 is 0.513 bits per heavy atom. The molecule has 39 heavy (non-hydrogen) atoms. The standard InChI is InChI=1S/2C13H27NO2.C7H8/c2*1-2-3-4-5-6-7-8-9-10-11-12-14-13(15)16;1-7-5-3-2-4-6-7/h2*14H,2-12H2,1H3,(H,15,16);2-6H,1H3. The minimum atomic E-state index is -0.907. The van der Waals surface area contributed by atoms with E-state index in [1.807, 2.05) is 18.2 Å². The fourth-order valence-electron chi connectivity index (χ4n) is 4.15. The molecule has 0 bridgehead atoms. The van der Waals surface area contributed by atoms with E-state index in [1.54, 1.807) is 0 Å². The SMILES string of the molecule is CCCCCCCCCCCCNC(=O)O.CCCCCCCCCCCCNC(=O)O.Cc1ccccc1. The highest BCUT2D eigenvalue weighted by atomic mass is 16.4. The molecule has 0 aromatic heterocycles. The Kier molecular flexibility index (Phi) is 33.7. The van der Waals surface area contributed by atoms with Gasteiger partial charge in [0.25, 0.3) is 0 Å². The molecule has 1 aromatic carbocycles. The first kappa shape index (κ1) is 38.9. The maximum atomic E-state index is 10.1. The number of nitrogens with one attached hydrogen (secondary N) is 2. The molecule has 0 radical (unpaired) electrons. The van der Waals surface area contributed by atoms with Crippen LogP contribution < -0.4 is 10.6 Å². The smallest absolute Gasteiger partial charge is 0.404 e. The van der Waals surface area contributed by atoms with Gasteiger partial charge < -0.3 is 20.8 Å². The molecule has 0 aliphatic rings. The topological polar surface area (TPSA) is 98.7 Å². The number of hydrogen-bond donors (Lipinski definition) is 4. The summed E-state index contributed by atoms with van der Waals surface area (Å²) in [6, 6.07) is 10.3. The quantitative estimate of drug-likeness (QED) is 0.108. The molecular weight excluding hydrogens is 488 g/mol. The average Bonchev–Trinajstić information content (AvgIpc) is 2.91. The fourth-order valence-corrected chi connectivity index (χ4v) is 4.15. The second kappa shape index (κ2) is 33.8. The van der Waals surface area contributed by atoms with Crippen molar-refractivity contribution in [1.29, 1.82) is 0 Å². The predicted octanol–water partition coefficient (Wildman–Crippen LogP) is 10.3. The van der Waals surface area contributed by atoms with E-state index < -0.39 is 12.2 Å². The normalized spacial score (nSPS) is 10.0. The summed E-state index contributed by atoms with van der Waals surface area (Å²) in [7, 11) is 0. The van der Waals surface area contributed by atoms with E-state index >= 15 is 0 Å². The van der Waals surface area contributed by atoms with Crippen molar-refractivity contribution in [3.8, 4) is 0 Å². The van der Waals surface area contributed by atoms with Gasteiger partial charge in [-0.15, -0.1) is 0 Å². The second-order valence-electron chi connectivity index (χ2n) is 10.5. The first-order valence-electron chi connectivity index (χ1n) is 15.9. The van der Waals surface area contributed by atoms with Gasteiger partial charge in [-0.3, -0.25) is 0 Å². The van der Waals surface area contributed by atoms with Gasteiger partial charge in [0.15, 0.2) is 0 Å². The zero-order chi connectivity index (χ0) is 29.2. The van der Waals surface area contributed by atoms with E-state index in [2.05, 4.69) is 43.5 Å². The lowest BCUT2D eigenvalue weighted by atomic mass is 10.1. The third-order valence-corrected chi connectivity index (χ3v) is 6.55. The molecule has 4 N–H and O–H groups in total. The van der Waals surface area contributed by atoms with Crippen molar-refractivity contribution < 1.29 is 19.8 Å². The van der Waals surface area contributed by atoms with Gasteiger partial charge in [-0.05, 0) is 19.8 Å². The monoisotopic (exact) mass is 550 g/mol. The molecule has 0 saturated heterocycles. The molecule has 0 aliphatic carbocycles. The van der Waals surface area contributed by atoms with Crippen LogP contribution in [-0.4, -0.2) is 35.5 Å². The molecule has 1 rings (SSSR count). The minimum Gasteiger partial charge on any atom is -0.465 e. The first-order chi connectivity index (χ1) is 18.9. The number of hydrogen-bond acceptors (Lipinski definition) is 2. The van der Waals surface area contributed by atoms with Crippen molar-refractivity contribution in [2.24, 2.45) is 0 Å². The van der Waals surface area contributed by atoms with Crippen LogP contribution in [0.25, 0.3) is 0 Å². The van der Waals surface area contributed by atoms with Crippen molar-refractivity contribution in [1.82, 2.24) is 10.6 Å². The molecule has 0 fully saturated rings. The number of carbonyl (C=O) groups is 2. The Morgan fingerprint density at radius 2 is 0.795 bits per heavy atom. The van der Waals surface area contributed by atoms with E-state index in [-0.39, 0.29) is 0 Å². The molecular formula is C33H62N2O4. The summed E-state index contributed by atoms with van der Waals surface area (Å²) in [5.74, 6) is 0. The lowest BCUT2D eigenvalue weighted by Crippen LogP contribution is -2.21. The summed E-state index contributed by atoms with van der Waals surface area (Å²) in [4.78, 5) is 20.3. The molecule has 0 heterocycles. The Labute approximate surface area is 240 Å². The lowest BCUT2D eigenvalue weighted by molar-refractivity contribution is 0.193. The summed E-state index contributed by atoms with van der Waals surface area (Å²) in [5, 5.41) is 21.5. The summed E-state index contributed by atoms with van der Waals surface area (Å²) >= 11 is 0. The van der Waals surface area contributed by atoms with Crippen LogP contribution in [0.15, 0.2) is 30.3 Å². The van der Waals surface area contributed by atoms with Crippen LogP contribution in [0, 0.1) is 6.92 Å². The molecule has 0 saturated carbocycles. The van der Waals surface area contributed by atoms with Crippen LogP contribution in [-0.2, 0) is 0 Å². The maximum Gasteiger partial charge on any atom is 0.404 e. The molecule has 0 unspecified atom stereocenters. The van der Waals surface area contributed by atoms with Gasteiger partial charge in [0.05, 0.1) is 0 Å². The van der Waals surface area contributed by atoms with Gasteiger partial charge in [0.2, 0.25) is 0 Å². The summed E-state index contributed by atoms with van der Waals surface area (Å²) < 4.78 is 0. The number of unbranched alkanes of at least 4 members (excludes halogenated alkanes) is 18. The van der Waals surface area contributed by atoms with Gasteiger partial charge in [-0.1, -0.05) is 165 Å². The number of benzene rings is 1. The van der Waals surface area contributed by atoms with E-state index in [4.69, 9.17) is 10.2 Å². The van der Waals surface area contributed by atoms with E-state index in [0.29, 0.717) is 13.1 Å². The van der Waals surface area contributed by atoms with E-state index in [9.17, 15) is 9.59 Å². The van der Waals surface area contributed by atoms with Crippen molar-refractivity contribution in [2.75, 3.05) is 13.1 Å². The second-order valence-corrected chi connectivity index (χ2v) is 10.5. The van der Waals surface area contributed by atoms with Crippen molar-refractivity contribution >= 4 is 12.2 Å². The van der Waals surface area contributed by atoms with Crippen LogP contribution in [0.3, 0.4) is 0 Å². The van der Waals surface area contributed by atoms with Crippen LogP contribution in [0.4, 0.5) is 9.59 Å². The highest BCUT2D eigenvalue weighted by Gasteiger charge is 1.96. The molecule has 1 aromatic rings. The highest BCUT2D eigenvalue weighted by molar-refractivity contribution is 5.64. The van der Waals surface area contributed by atoms with Crippen molar-refractivity contribution in [3.63, 3.8) is 0 Å². The Morgan fingerprint density at radius 3 is 1.03 bits per heavy atom. The van der Waals surface area contributed by atoms with E-state index in [0.717, 1.165) is 25.7 Å². The number of amides is 2. The number of carboxylic acid groups (broad SMARTS) is 2. The Bertz CT molecular complexity index is 589. The van der Waals surface area contributed by atoms with Crippen molar-refractivity contribution in [3.05, 3.63) is 35.9 Å². The average molecular weight is 551 g/mol. The third-order valence-electron chi connectivity index (χ3n) is 6.55. The van der Waals surface area contributed by atoms with Crippen LogP contribution in [0.2, 0.25) is 0 Å². The predicted molar refractivity (Wildman–Crippen MR) is 167 cm³/mol.